The number of amides is 1. The Bertz CT molecular complexity index is 658. The fraction of sp³-hybridized carbons (Fsp3) is 0.0833. The minimum atomic E-state index is -4.99. The fourth-order valence-corrected chi connectivity index (χ4v) is 1.85. The molecule has 2 aromatic carbocycles. The van der Waals surface area contributed by atoms with E-state index in [4.69, 9.17) is 0 Å². The molecule has 20 heavy (non-hydrogen) atoms. The van der Waals surface area contributed by atoms with Crippen LogP contribution in [-0.4, -0.2) is 29.2 Å². The fourth-order valence-electron chi connectivity index (χ4n) is 1.85. The van der Waals surface area contributed by atoms with Crippen LogP contribution in [0.15, 0.2) is 36.4 Å². The molecule has 0 saturated heterocycles. The first kappa shape index (κ1) is 14.4. The third-order valence-corrected chi connectivity index (χ3v) is 2.74. The number of halogens is 3. The molecular formula is C12H9BF3NO3. The minimum absolute atomic E-state index is 0.0488. The Morgan fingerprint density at radius 2 is 1.65 bits per heavy atom. The molecule has 1 amide bonds. The van der Waals surface area contributed by atoms with E-state index in [-0.39, 0.29) is 16.5 Å². The number of carbonyl (C=O) groups excluding carboxylic acids is 1. The number of fused-ring (bicyclic) bond motifs is 1. The van der Waals surface area contributed by atoms with Gasteiger partial charge in [-0.15, -0.1) is 0 Å². The van der Waals surface area contributed by atoms with Gasteiger partial charge in [-0.3, -0.25) is 4.79 Å². The zero-order valence-electron chi connectivity index (χ0n) is 9.98. The first-order chi connectivity index (χ1) is 9.30. The van der Waals surface area contributed by atoms with Crippen molar-refractivity contribution in [3.05, 3.63) is 36.4 Å². The van der Waals surface area contributed by atoms with E-state index in [0.29, 0.717) is 5.39 Å². The van der Waals surface area contributed by atoms with Crippen LogP contribution in [0.5, 0.6) is 0 Å². The van der Waals surface area contributed by atoms with Gasteiger partial charge in [0.1, 0.15) is 0 Å². The predicted octanol–water partition coefficient (Wildman–Crippen LogP) is 1.02. The molecule has 0 heterocycles. The van der Waals surface area contributed by atoms with Gasteiger partial charge in [0.05, 0.1) is 0 Å². The number of rotatable bonds is 2. The molecule has 0 unspecified atom stereocenters. The largest absolute Gasteiger partial charge is 0.489 e. The van der Waals surface area contributed by atoms with Crippen LogP contribution in [0.25, 0.3) is 10.8 Å². The summed E-state index contributed by atoms with van der Waals surface area (Å²) in [5.74, 6) is -2.08. The lowest BCUT2D eigenvalue weighted by molar-refractivity contribution is -0.167. The Kier molecular flexibility index (Phi) is 3.69. The second kappa shape index (κ2) is 5.14. The van der Waals surface area contributed by atoms with E-state index in [9.17, 15) is 28.0 Å². The number of nitrogens with one attached hydrogen (secondary N) is 1. The van der Waals surface area contributed by atoms with Crippen molar-refractivity contribution < 1.29 is 28.0 Å². The highest BCUT2D eigenvalue weighted by molar-refractivity contribution is 6.62. The number of alkyl halides is 3. The molecule has 2 aromatic rings. The van der Waals surface area contributed by atoms with Gasteiger partial charge >= 0.3 is 19.2 Å². The summed E-state index contributed by atoms with van der Waals surface area (Å²) in [6, 6.07) is 8.61. The van der Waals surface area contributed by atoms with Crippen LogP contribution in [0, 0.1) is 0 Å². The standard InChI is InChI=1S/C12H9BF3NO3/c14-12(15,16)11(18)17-10-6-5-9(13(19)20)7-3-1-2-4-8(7)10/h1-6,19-20H,(H,17,18). The summed E-state index contributed by atoms with van der Waals surface area (Å²) in [5, 5.41) is 20.8. The van der Waals surface area contributed by atoms with E-state index in [2.05, 4.69) is 0 Å². The quantitative estimate of drug-likeness (QED) is 0.721. The third-order valence-electron chi connectivity index (χ3n) is 2.74. The third kappa shape index (κ3) is 2.76. The van der Waals surface area contributed by atoms with E-state index >= 15 is 0 Å². The van der Waals surface area contributed by atoms with E-state index in [0.717, 1.165) is 0 Å². The van der Waals surface area contributed by atoms with Crippen molar-refractivity contribution in [3.63, 3.8) is 0 Å². The lowest BCUT2D eigenvalue weighted by Crippen LogP contribution is -2.32. The number of hydrogen-bond donors (Lipinski definition) is 3. The van der Waals surface area contributed by atoms with E-state index < -0.39 is 19.2 Å². The Hall–Kier alpha value is -2.06. The summed E-state index contributed by atoms with van der Waals surface area (Å²) in [5.41, 5.74) is 0.0953. The SMILES string of the molecule is O=C(Nc1ccc(B(O)O)c2ccccc12)C(F)(F)F. The molecule has 2 rings (SSSR count). The highest BCUT2D eigenvalue weighted by Gasteiger charge is 2.38. The highest BCUT2D eigenvalue weighted by Crippen LogP contribution is 2.24. The second-order valence-corrected chi connectivity index (χ2v) is 4.07. The van der Waals surface area contributed by atoms with Crippen molar-refractivity contribution in [2.24, 2.45) is 0 Å². The maximum absolute atomic E-state index is 12.3. The molecule has 0 aliphatic heterocycles. The Balaban J connectivity index is 2.51. The number of anilines is 1. The van der Waals surface area contributed by atoms with Gasteiger partial charge in [-0.25, -0.2) is 0 Å². The molecule has 0 aromatic heterocycles. The summed E-state index contributed by atoms with van der Waals surface area (Å²) in [6.07, 6.45) is -4.99. The molecule has 3 N–H and O–H groups in total. The van der Waals surface area contributed by atoms with Gasteiger partial charge in [-0.1, -0.05) is 30.3 Å². The van der Waals surface area contributed by atoms with Gasteiger partial charge in [0, 0.05) is 11.1 Å². The summed E-state index contributed by atoms with van der Waals surface area (Å²) in [4.78, 5) is 11.0. The molecule has 0 spiro atoms. The van der Waals surface area contributed by atoms with Crippen LogP contribution in [0.3, 0.4) is 0 Å². The van der Waals surface area contributed by atoms with Crippen molar-refractivity contribution in [2.75, 3.05) is 5.32 Å². The molecule has 4 nitrogen and oxygen atoms in total. The number of carbonyl (C=O) groups is 1. The molecule has 104 valence electrons. The average Bonchev–Trinajstić information content (AvgIpc) is 2.37. The molecule has 0 saturated carbocycles. The van der Waals surface area contributed by atoms with Crippen LogP contribution in [0.1, 0.15) is 0 Å². The smallest absolute Gasteiger partial charge is 0.423 e. The van der Waals surface area contributed by atoms with Crippen molar-refractivity contribution in [1.82, 2.24) is 0 Å². The van der Waals surface area contributed by atoms with Gasteiger partial charge in [0.25, 0.3) is 0 Å². The van der Waals surface area contributed by atoms with Crippen molar-refractivity contribution in [3.8, 4) is 0 Å². The predicted molar refractivity (Wildman–Crippen MR) is 68.5 cm³/mol. The van der Waals surface area contributed by atoms with Crippen LogP contribution >= 0.6 is 0 Å². The minimum Gasteiger partial charge on any atom is -0.423 e. The van der Waals surface area contributed by atoms with Crippen LogP contribution in [0.2, 0.25) is 0 Å². The van der Waals surface area contributed by atoms with Gasteiger partial charge in [-0.05, 0) is 16.9 Å². The van der Waals surface area contributed by atoms with Crippen LogP contribution in [0.4, 0.5) is 18.9 Å². The second-order valence-electron chi connectivity index (χ2n) is 4.07. The highest BCUT2D eigenvalue weighted by atomic mass is 19.4. The monoisotopic (exact) mass is 283 g/mol. The van der Waals surface area contributed by atoms with Gasteiger partial charge < -0.3 is 15.4 Å². The first-order valence-corrected chi connectivity index (χ1v) is 5.56. The van der Waals surface area contributed by atoms with Crippen molar-refractivity contribution >= 4 is 34.9 Å². The van der Waals surface area contributed by atoms with Crippen molar-refractivity contribution in [1.29, 1.82) is 0 Å². The molecular weight excluding hydrogens is 274 g/mol. The van der Waals surface area contributed by atoms with Crippen LogP contribution < -0.4 is 10.8 Å². The van der Waals surface area contributed by atoms with Crippen molar-refractivity contribution in [2.45, 2.75) is 6.18 Å². The summed E-state index contributed by atoms with van der Waals surface area (Å²) >= 11 is 0. The van der Waals surface area contributed by atoms with E-state index in [1.807, 2.05) is 0 Å². The molecule has 8 heteroatoms. The Labute approximate surface area is 112 Å². The molecule has 0 bridgehead atoms. The Morgan fingerprint density at radius 1 is 1.05 bits per heavy atom. The van der Waals surface area contributed by atoms with Gasteiger partial charge in [0.15, 0.2) is 0 Å². The lowest BCUT2D eigenvalue weighted by atomic mass is 9.77. The maximum Gasteiger partial charge on any atom is 0.489 e. The molecule has 0 radical (unpaired) electrons. The molecule has 0 fully saturated rings. The summed E-state index contributed by atoms with van der Waals surface area (Å²) in [6.45, 7) is 0. The zero-order chi connectivity index (χ0) is 14.9. The maximum atomic E-state index is 12.3. The Morgan fingerprint density at radius 3 is 2.20 bits per heavy atom. The van der Waals surface area contributed by atoms with Crippen LogP contribution in [-0.2, 0) is 4.79 Å². The summed E-state index contributed by atoms with van der Waals surface area (Å²) < 4.78 is 36.8. The zero-order valence-corrected chi connectivity index (χ0v) is 9.98. The van der Waals surface area contributed by atoms with Gasteiger partial charge in [-0.2, -0.15) is 13.2 Å². The summed E-state index contributed by atoms with van der Waals surface area (Å²) in [7, 11) is -1.76. The number of hydrogen-bond acceptors (Lipinski definition) is 3. The normalized spacial score (nSPS) is 11.4. The van der Waals surface area contributed by atoms with E-state index in [1.54, 1.807) is 17.4 Å². The number of benzene rings is 2. The first-order valence-electron chi connectivity index (χ1n) is 5.56. The molecule has 0 aliphatic rings. The van der Waals surface area contributed by atoms with E-state index in [1.165, 1.54) is 24.3 Å². The average molecular weight is 283 g/mol. The molecule has 0 atom stereocenters. The molecule has 0 aliphatic carbocycles. The lowest BCUT2D eigenvalue weighted by Gasteiger charge is -2.13. The van der Waals surface area contributed by atoms with Gasteiger partial charge in [0.2, 0.25) is 0 Å². The topological polar surface area (TPSA) is 69.6 Å².